The number of fused-ring (bicyclic) bond motifs is 2. The number of likely N-dealkylation sites (tertiary alicyclic amines) is 1. The summed E-state index contributed by atoms with van der Waals surface area (Å²) >= 11 is 0. The van der Waals surface area contributed by atoms with Crippen molar-refractivity contribution < 1.29 is 9.59 Å². The van der Waals surface area contributed by atoms with Crippen molar-refractivity contribution in [2.24, 2.45) is 5.92 Å². The molecule has 1 saturated heterocycles. The lowest BCUT2D eigenvalue weighted by molar-refractivity contribution is -0.139. The lowest BCUT2D eigenvalue weighted by Crippen LogP contribution is -2.44. The third-order valence-corrected chi connectivity index (χ3v) is 7.03. The maximum Gasteiger partial charge on any atom is 0.277 e. The summed E-state index contributed by atoms with van der Waals surface area (Å²) in [4.78, 5) is 46.8. The van der Waals surface area contributed by atoms with Gasteiger partial charge in [0.2, 0.25) is 11.8 Å². The maximum absolute atomic E-state index is 13.2. The predicted molar refractivity (Wildman–Crippen MR) is 111 cm³/mol. The maximum atomic E-state index is 13.2. The summed E-state index contributed by atoms with van der Waals surface area (Å²) in [7, 11) is 0. The number of amides is 2. The Balaban J connectivity index is 1.47. The highest BCUT2D eigenvalue weighted by Crippen LogP contribution is 2.32. The van der Waals surface area contributed by atoms with Gasteiger partial charge in [0.15, 0.2) is 5.65 Å². The van der Waals surface area contributed by atoms with Gasteiger partial charge in [-0.05, 0) is 32.1 Å². The largest absolute Gasteiger partial charge is 0.337 e. The van der Waals surface area contributed by atoms with Crippen molar-refractivity contribution >= 4 is 17.5 Å². The molecule has 5 rings (SSSR count). The highest BCUT2D eigenvalue weighted by molar-refractivity contribution is 5.80. The van der Waals surface area contributed by atoms with Gasteiger partial charge < -0.3 is 9.80 Å². The molecule has 3 aliphatic rings. The van der Waals surface area contributed by atoms with Crippen molar-refractivity contribution in [3.05, 3.63) is 33.4 Å². The number of piperidine rings is 1. The third-order valence-electron chi connectivity index (χ3n) is 7.03. The number of rotatable bonds is 3. The molecular weight excluding hydrogens is 382 g/mol. The fourth-order valence-electron chi connectivity index (χ4n) is 5.03. The van der Waals surface area contributed by atoms with Gasteiger partial charge in [-0.15, -0.1) is 0 Å². The molecule has 8 heteroatoms. The van der Waals surface area contributed by atoms with E-state index in [1.807, 2.05) is 22.8 Å². The van der Waals surface area contributed by atoms with Crippen LogP contribution in [0.25, 0.3) is 5.65 Å². The zero-order chi connectivity index (χ0) is 20.8. The Hall–Kier alpha value is -2.64. The summed E-state index contributed by atoms with van der Waals surface area (Å²) in [6.07, 6.45) is 7.11. The van der Waals surface area contributed by atoms with Gasteiger partial charge in [0.25, 0.3) is 5.56 Å². The minimum atomic E-state index is -0.128. The molecule has 2 aromatic rings. The molecule has 1 aliphatic carbocycles. The zero-order valence-corrected chi connectivity index (χ0v) is 17.5. The Morgan fingerprint density at radius 2 is 2.00 bits per heavy atom. The minimum absolute atomic E-state index is 0.0407. The molecule has 0 spiro atoms. The summed E-state index contributed by atoms with van der Waals surface area (Å²) in [5, 5.41) is 3.23. The van der Waals surface area contributed by atoms with Crippen LogP contribution in [0.5, 0.6) is 0 Å². The number of aromatic nitrogens is 3. The van der Waals surface area contributed by atoms with E-state index in [1.54, 1.807) is 0 Å². The number of carbonyl (C=O) groups excluding carboxylic acids is 2. The molecule has 0 bridgehead atoms. The van der Waals surface area contributed by atoms with Gasteiger partial charge in [-0.2, -0.15) is 0 Å². The van der Waals surface area contributed by atoms with Crippen molar-refractivity contribution in [3.63, 3.8) is 0 Å². The van der Waals surface area contributed by atoms with Gasteiger partial charge in [0.05, 0.1) is 29.5 Å². The van der Waals surface area contributed by atoms with Crippen LogP contribution in [0, 0.1) is 5.92 Å². The second-order valence-corrected chi connectivity index (χ2v) is 8.84. The fourth-order valence-corrected chi connectivity index (χ4v) is 5.03. The van der Waals surface area contributed by atoms with Crippen molar-refractivity contribution in [1.82, 2.24) is 24.4 Å². The Bertz CT molecular complexity index is 1050. The van der Waals surface area contributed by atoms with E-state index in [4.69, 9.17) is 4.98 Å². The summed E-state index contributed by atoms with van der Waals surface area (Å²) in [5.74, 6) is 0.457. The van der Waals surface area contributed by atoms with Crippen LogP contribution in [0.1, 0.15) is 74.9 Å². The van der Waals surface area contributed by atoms with E-state index in [-0.39, 0.29) is 29.3 Å². The molecule has 30 heavy (non-hydrogen) atoms. The average Bonchev–Trinajstić information content (AvgIpc) is 3.16. The molecule has 0 radical (unpaired) electrons. The molecule has 8 nitrogen and oxygen atoms in total. The van der Waals surface area contributed by atoms with Crippen LogP contribution >= 0.6 is 0 Å². The fraction of sp³-hybridized carbons (Fsp3) is 0.636. The van der Waals surface area contributed by atoms with E-state index in [0.717, 1.165) is 56.5 Å². The van der Waals surface area contributed by atoms with E-state index in [9.17, 15) is 14.4 Å². The van der Waals surface area contributed by atoms with E-state index >= 15 is 0 Å². The van der Waals surface area contributed by atoms with E-state index in [0.29, 0.717) is 37.1 Å². The minimum Gasteiger partial charge on any atom is -0.337 e. The molecule has 1 saturated carbocycles. The summed E-state index contributed by atoms with van der Waals surface area (Å²) in [6.45, 7) is 3.61. The van der Waals surface area contributed by atoms with Crippen LogP contribution in [-0.4, -0.2) is 49.3 Å². The van der Waals surface area contributed by atoms with Gasteiger partial charge >= 0.3 is 0 Å². The molecule has 2 aliphatic heterocycles. The second-order valence-electron chi connectivity index (χ2n) is 8.84. The molecule has 2 amide bonds. The number of H-pyrrole nitrogens is 1. The van der Waals surface area contributed by atoms with E-state index < -0.39 is 0 Å². The lowest BCUT2D eigenvalue weighted by Gasteiger charge is -2.35. The smallest absolute Gasteiger partial charge is 0.277 e. The van der Waals surface area contributed by atoms with Crippen molar-refractivity contribution in [1.29, 1.82) is 0 Å². The van der Waals surface area contributed by atoms with Crippen molar-refractivity contribution in [2.45, 2.75) is 70.9 Å². The Kier molecular flexibility index (Phi) is 4.87. The highest BCUT2D eigenvalue weighted by atomic mass is 16.2. The second kappa shape index (κ2) is 7.56. The highest BCUT2D eigenvalue weighted by Gasteiger charge is 2.33. The van der Waals surface area contributed by atoms with Crippen LogP contribution in [0.15, 0.2) is 10.9 Å². The Morgan fingerprint density at radius 1 is 1.17 bits per heavy atom. The molecular formula is C22H29N5O3. The van der Waals surface area contributed by atoms with Crippen LogP contribution in [0.3, 0.4) is 0 Å². The van der Waals surface area contributed by atoms with E-state index in [2.05, 4.69) is 5.10 Å². The number of aromatic amines is 1. The molecule has 1 atom stereocenters. The van der Waals surface area contributed by atoms with Crippen LogP contribution < -0.4 is 5.56 Å². The third kappa shape index (κ3) is 3.13. The first-order valence-corrected chi connectivity index (χ1v) is 11.3. The van der Waals surface area contributed by atoms with E-state index in [1.165, 1.54) is 4.52 Å². The van der Waals surface area contributed by atoms with Gasteiger partial charge in [-0.3, -0.25) is 19.5 Å². The number of carbonyl (C=O) groups is 2. The predicted octanol–water partition coefficient (Wildman–Crippen LogP) is 2.17. The summed E-state index contributed by atoms with van der Waals surface area (Å²) in [6, 6.07) is 1.88. The van der Waals surface area contributed by atoms with Gasteiger partial charge in [0, 0.05) is 37.9 Å². The number of hydrogen-bond donors (Lipinski definition) is 1. The first-order chi connectivity index (χ1) is 14.6. The Morgan fingerprint density at radius 3 is 2.73 bits per heavy atom. The summed E-state index contributed by atoms with van der Waals surface area (Å²) in [5.41, 5.74) is 2.75. The lowest BCUT2D eigenvalue weighted by atomic mass is 9.84. The molecule has 1 N–H and O–H groups in total. The van der Waals surface area contributed by atoms with Crippen LogP contribution in [-0.2, 0) is 22.6 Å². The number of nitrogens with one attached hydrogen (secondary N) is 1. The molecule has 2 fully saturated rings. The topological polar surface area (TPSA) is 90.8 Å². The quantitative estimate of drug-likeness (QED) is 0.838. The van der Waals surface area contributed by atoms with Crippen LogP contribution in [0.2, 0.25) is 0 Å². The SMILES string of the molecule is CCC(=O)N1CCCC[C@@H]1c1cc2nc3c(c(=O)n2[nH]1)CN(C(=O)C1CCC1)CC3. The summed E-state index contributed by atoms with van der Waals surface area (Å²) < 4.78 is 1.49. The average molecular weight is 412 g/mol. The molecule has 160 valence electrons. The molecule has 0 aromatic carbocycles. The number of nitrogens with zero attached hydrogens (tertiary/aromatic N) is 4. The first-order valence-electron chi connectivity index (χ1n) is 11.3. The molecule has 2 aromatic heterocycles. The zero-order valence-electron chi connectivity index (χ0n) is 17.5. The van der Waals surface area contributed by atoms with Crippen LogP contribution in [0.4, 0.5) is 0 Å². The Labute approximate surface area is 175 Å². The standard InChI is InChI=1S/C22H29N5O3/c1-2-20(28)26-10-4-3-8-18(26)17-12-19-23-16-9-11-25(21(29)14-6-5-7-14)13-15(16)22(30)27(19)24-17/h12,14,18,24H,2-11,13H2,1H3/t18-/m1/s1. The van der Waals surface area contributed by atoms with Gasteiger partial charge in [-0.1, -0.05) is 13.3 Å². The monoisotopic (exact) mass is 411 g/mol. The van der Waals surface area contributed by atoms with Gasteiger partial charge in [-0.25, -0.2) is 9.50 Å². The van der Waals surface area contributed by atoms with Gasteiger partial charge in [0.1, 0.15) is 0 Å². The first kappa shape index (κ1) is 19.3. The normalized spacial score (nSPS) is 22.1. The van der Waals surface area contributed by atoms with Crippen molar-refractivity contribution in [2.75, 3.05) is 13.1 Å². The molecule has 4 heterocycles. The number of hydrogen-bond acceptors (Lipinski definition) is 4. The molecule has 0 unspecified atom stereocenters. The van der Waals surface area contributed by atoms with Crippen molar-refractivity contribution in [3.8, 4) is 0 Å².